The number of thiophene rings is 1. The minimum Gasteiger partial charge on any atom is -0.347 e. The summed E-state index contributed by atoms with van der Waals surface area (Å²) in [6.07, 6.45) is 2.50. The number of amides is 2. The number of benzene rings is 1. The third kappa shape index (κ3) is 3.30. The summed E-state index contributed by atoms with van der Waals surface area (Å²) in [5.41, 5.74) is 0. The highest BCUT2D eigenvalue weighted by molar-refractivity contribution is 7.19. The van der Waals surface area contributed by atoms with Gasteiger partial charge >= 0.3 is 0 Å². The first kappa shape index (κ1) is 15.0. The third-order valence-corrected chi connectivity index (χ3v) is 5.30. The molecule has 1 aliphatic heterocycles. The molecule has 1 atom stereocenters. The molecule has 1 saturated heterocycles. The van der Waals surface area contributed by atoms with Gasteiger partial charge in [0.05, 0.1) is 12.6 Å². The molecule has 4 nitrogen and oxygen atoms in total. The van der Waals surface area contributed by atoms with Crippen LogP contribution in [0, 0.1) is 0 Å². The molecule has 0 saturated carbocycles. The molecule has 116 valence electrons. The molecule has 2 heterocycles. The molecular formula is C17H20N2O2S. The molecule has 1 fully saturated rings. The van der Waals surface area contributed by atoms with E-state index in [0.717, 1.165) is 17.7 Å². The molecule has 0 bridgehead atoms. The average Bonchev–Trinajstić information content (AvgIpc) is 2.93. The van der Waals surface area contributed by atoms with Crippen molar-refractivity contribution in [1.82, 2.24) is 10.2 Å². The highest BCUT2D eigenvalue weighted by Gasteiger charge is 2.21. The zero-order valence-corrected chi connectivity index (χ0v) is 13.5. The van der Waals surface area contributed by atoms with E-state index >= 15 is 0 Å². The summed E-state index contributed by atoms with van der Waals surface area (Å²) in [5, 5.41) is 4.21. The second-order valence-corrected chi connectivity index (χ2v) is 6.86. The van der Waals surface area contributed by atoms with Crippen molar-refractivity contribution >= 4 is 33.2 Å². The summed E-state index contributed by atoms with van der Waals surface area (Å²) >= 11 is 1.70. The maximum atomic E-state index is 12.2. The van der Waals surface area contributed by atoms with Gasteiger partial charge < -0.3 is 10.2 Å². The van der Waals surface area contributed by atoms with Gasteiger partial charge in [-0.05, 0) is 37.3 Å². The lowest BCUT2D eigenvalue weighted by Gasteiger charge is -2.26. The van der Waals surface area contributed by atoms with E-state index in [-0.39, 0.29) is 24.4 Å². The summed E-state index contributed by atoms with van der Waals surface area (Å²) in [6.45, 7) is 2.86. The summed E-state index contributed by atoms with van der Waals surface area (Å²) in [6, 6.07) is 10.3. The summed E-state index contributed by atoms with van der Waals surface area (Å²) in [7, 11) is 0. The van der Waals surface area contributed by atoms with Gasteiger partial charge in [0.2, 0.25) is 11.8 Å². The number of nitrogens with zero attached hydrogens (tertiary/aromatic N) is 1. The largest absolute Gasteiger partial charge is 0.347 e. The second-order valence-electron chi connectivity index (χ2n) is 5.75. The van der Waals surface area contributed by atoms with Crippen molar-refractivity contribution in [3.8, 4) is 0 Å². The number of hydrogen-bond donors (Lipinski definition) is 1. The van der Waals surface area contributed by atoms with Gasteiger partial charge in [-0.15, -0.1) is 11.3 Å². The molecule has 2 aromatic rings. The van der Waals surface area contributed by atoms with Crippen molar-refractivity contribution in [2.75, 3.05) is 13.1 Å². The molecule has 5 heteroatoms. The van der Waals surface area contributed by atoms with Gasteiger partial charge in [0.1, 0.15) is 0 Å². The van der Waals surface area contributed by atoms with E-state index in [4.69, 9.17) is 0 Å². The summed E-state index contributed by atoms with van der Waals surface area (Å²) < 4.78 is 1.23. The first-order valence-corrected chi connectivity index (χ1v) is 8.51. The van der Waals surface area contributed by atoms with Crippen LogP contribution in [0.1, 0.15) is 37.1 Å². The van der Waals surface area contributed by atoms with Crippen LogP contribution in [0.15, 0.2) is 30.3 Å². The van der Waals surface area contributed by atoms with Gasteiger partial charge in [-0.2, -0.15) is 0 Å². The maximum Gasteiger partial charge on any atom is 0.240 e. The van der Waals surface area contributed by atoms with Crippen LogP contribution in [0.25, 0.3) is 10.1 Å². The molecule has 0 spiro atoms. The SMILES string of the molecule is CC(NC(=O)CN1CCCCC1=O)c1cc2ccccc2s1. The van der Waals surface area contributed by atoms with E-state index in [1.165, 1.54) is 10.1 Å². The number of piperidine rings is 1. The van der Waals surface area contributed by atoms with Crippen molar-refractivity contribution in [3.05, 3.63) is 35.2 Å². The summed E-state index contributed by atoms with van der Waals surface area (Å²) in [4.78, 5) is 26.7. The Balaban J connectivity index is 1.61. The molecule has 1 N–H and O–H groups in total. The van der Waals surface area contributed by atoms with Gasteiger partial charge in [0.25, 0.3) is 0 Å². The zero-order chi connectivity index (χ0) is 15.5. The predicted molar refractivity (Wildman–Crippen MR) is 88.8 cm³/mol. The van der Waals surface area contributed by atoms with Gasteiger partial charge in [-0.25, -0.2) is 0 Å². The first-order chi connectivity index (χ1) is 10.6. The Morgan fingerprint density at radius 2 is 2.18 bits per heavy atom. The topological polar surface area (TPSA) is 49.4 Å². The lowest BCUT2D eigenvalue weighted by molar-refractivity contribution is -0.138. The average molecular weight is 316 g/mol. The molecule has 1 unspecified atom stereocenters. The Bertz CT molecular complexity index is 662. The van der Waals surface area contributed by atoms with Crippen molar-refractivity contribution < 1.29 is 9.59 Å². The smallest absolute Gasteiger partial charge is 0.240 e. The standard InChI is InChI=1S/C17H20N2O2S/c1-12(15-10-13-6-2-3-7-14(13)22-15)18-16(20)11-19-9-5-4-8-17(19)21/h2-3,6-7,10,12H,4-5,8-9,11H2,1H3,(H,18,20). The first-order valence-electron chi connectivity index (χ1n) is 7.69. The highest BCUT2D eigenvalue weighted by Crippen LogP contribution is 2.29. The lowest BCUT2D eigenvalue weighted by Crippen LogP contribution is -2.43. The molecular weight excluding hydrogens is 296 g/mol. The van der Waals surface area contributed by atoms with Crippen LogP contribution < -0.4 is 5.32 Å². The number of nitrogens with one attached hydrogen (secondary N) is 1. The van der Waals surface area contributed by atoms with E-state index in [1.54, 1.807) is 16.2 Å². The molecule has 0 radical (unpaired) electrons. The van der Waals surface area contributed by atoms with Crippen molar-refractivity contribution in [2.24, 2.45) is 0 Å². The Labute approximate surface area is 134 Å². The number of carbonyl (C=O) groups excluding carboxylic acids is 2. The molecule has 3 rings (SSSR count). The number of rotatable bonds is 4. The van der Waals surface area contributed by atoms with Crippen LogP contribution in [0.2, 0.25) is 0 Å². The Morgan fingerprint density at radius 1 is 1.36 bits per heavy atom. The van der Waals surface area contributed by atoms with Crippen LogP contribution in [-0.4, -0.2) is 29.8 Å². The minimum absolute atomic E-state index is 0.0372. The van der Waals surface area contributed by atoms with E-state index < -0.39 is 0 Å². The van der Waals surface area contributed by atoms with Crippen molar-refractivity contribution in [2.45, 2.75) is 32.2 Å². The van der Waals surface area contributed by atoms with Gasteiger partial charge in [-0.3, -0.25) is 9.59 Å². The molecule has 22 heavy (non-hydrogen) atoms. The van der Waals surface area contributed by atoms with Gasteiger partial charge in [0, 0.05) is 22.5 Å². The normalized spacial score (nSPS) is 16.8. The number of hydrogen-bond acceptors (Lipinski definition) is 3. The Morgan fingerprint density at radius 3 is 2.95 bits per heavy atom. The monoisotopic (exact) mass is 316 g/mol. The van der Waals surface area contributed by atoms with Crippen LogP contribution >= 0.6 is 11.3 Å². The Kier molecular flexibility index (Phi) is 4.43. The number of carbonyl (C=O) groups is 2. The Hall–Kier alpha value is -1.88. The molecule has 1 aromatic heterocycles. The minimum atomic E-state index is -0.0831. The van der Waals surface area contributed by atoms with Crippen molar-refractivity contribution in [3.63, 3.8) is 0 Å². The van der Waals surface area contributed by atoms with Crippen LogP contribution in [0.5, 0.6) is 0 Å². The van der Waals surface area contributed by atoms with Crippen molar-refractivity contribution in [1.29, 1.82) is 0 Å². The van der Waals surface area contributed by atoms with Crippen LogP contribution in [-0.2, 0) is 9.59 Å². The number of likely N-dealkylation sites (tertiary alicyclic amines) is 1. The molecule has 0 aliphatic carbocycles. The fraction of sp³-hybridized carbons (Fsp3) is 0.412. The quantitative estimate of drug-likeness (QED) is 0.942. The third-order valence-electron chi connectivity index (χ3n) is 4.00. The van der Waals surface area contributed by atoms with Gasteiger partial charge in [0.15, 0.2) is 0 Å². The fourth-order valence-corrected chi connectivity index (χ4v) is 3.84. The molecule has 2 amide bonds. The van der Waals surface area contributed by atoms with E-state index in [9.17, 15) is 9.59 Å². The maximum absolute atomic E-state index is 12.2. The zero-order valence-electron chi connectivity index (χ0n) is 12.7. The van der Waals surface area contributed by atoms with E-state index in [1.807, 2.05) is 19.1 Å². The van der Waals surface area contributed by atoms with Gasteiger partial charge in [-0.1, -0.05) is 18.2 Å². The summed E-state index contributed by atoms with van der Waals surface area (Å²) in [5.74, 6) is 0.0103. The predicted octanol–water partition coefficient (Wildman–Crippen LogP) is 3.09. The highest BCUT2D eigenvalue weighted by atomic mass is 32.1. The second kappa shape index (κ2) is 6.48. The fourth-order valence-electron chi connectivity index (χ4n) is 2.78. The van der Waals surface area contributed by atoms with E-state index in [0.29, 0.717) is 13.0 Å². The van der Waals surface area contributed by atoms with Crippen LogP contribution in [0.3, 0.4) is 0 Å². The molecule has 1 aromatic carbocycles. The van der Waals surface area contributed by atoms with Crippen LogP contribution in [0.4, 0.5) is 0 Å². The lowest BCUT2D eigenvalue weighted by atomic mass is 10.1. The molecule has 1 aliphatic rings. The number of fused-ring (bicyclic) bond motifs is 1. The van der Waals surface area contributed by atoms with E-state index in [2.05, 4.69) is 23.5 Å².